The molecular formula is C28H25F5. The number of alkyl halides is 3. The monoisotopic (exact) mass is 456 g/mol. The maximum Gasteiger partial charge on any atom is 0.419 e. The van der Waals surface area contributed by atoms with Gasteiger partial charge in [0, 0.05) is 22.4 Å². The molecule has 1 fully saturated rings. The van der Waals surface area contributed by atoms with Gasteiger partial charge >= 0.3 is 6.18 Å². The molecule has 33 heavy (non-hydrogen) atoms. The Hall–Kier alpha value is -2.87. The van der Waals surface area contributed by atoms with Crippen molar-refractivity contribution in [2.24, 2.45) is 11.8 Å². The quantitative estimate of drug-likeness (QED) is 0.273. The molecule has 0 atom stereocenters. The molecule has 0 amide bonds. The zero-order chi connectivity index (χ0) is 23.6. The average molecular weight is 456 g/mol. The smallest absolute Gasteiger partial charge is 0.206 e. The van der Waals surface area contributed by atoms with Crippen molar-refractivity contribution in [2.75, 3.05) is 0 Å². The predicted octanol–water partition coefficient (Wildman–Crippen LogP) is 8.76. The fraction of sp³-hybridized carbons (Fsp3) is 0.357. The molecule has 0 nitrogen and oxygen atoms in total. The first-order chi connectivity index (χ1) is 15.8. The van der Waals surface area contributed by atoms with Gasteiger partial charge < -0.3 is 0 Å². The number of rotatable bonds is 3. The van der Waals surface area contributed by atoms with Crippen LogP contribution in [0.15, 0.2) is 48.5 Å². The van der Waals surface area contributed by atoms with Gasteiger partial charge in [-0.25, -0.2) is 8.78 Å². The van der Waals surface area contributed by atoms with Crippen LogP contribution in [0.3, 0.4) is 0 Å². The third kappa shape index (κ3) is 5.21. The molecule has 0 heterocycles. The Morgan fingerprint density at radius 2 is 1.67 bits per heavy atom. The lowest BCUT2D eigenvalue weighted by molar-refractivity contribution is -0.139. The van der Waals surface area contributed by atoms with Gasteiger partial charge in [-0.1, -0.05) is 55.9 Å². The first-order valence-electron chi connectivity index (χ1n) is 11.4. The number of hydrogen-bond acceptors (Lipinski definition) is 0. The molecule has 5 heteroatoms. The average Bonchev–Trinajstić information content (AvgIpc) is 2.78. The van der Waals surface area contributed by atoms with E-state index in [1.54, 1.807) is 12.1 Å². The molecule has 3 aromatic carbocycles. The number of benzene rings is 3. The van der Waals surface area contributed by atoms with Gasteiger partial charge in [-0.05, 0) is 66.8 Å². The second kappa shape index (κ2) is 9.55. The standard InChI is InChI=1S/C28H25F5/c1-2-3-18-4-6-19(7-5-18)8-9-20-10-13-23(26(29)16-20)21-11-14-24-22(17-21)12-15-25(27(24)30)28(31,32)33/h10-19H,2-7H2,1H3. The summed E-state index contributed by atoms with van der Waals surface area (Å²) in [5.74, 6) is 5.74. The van der Waals surface area contributed by atoms with Crippen LogP contribution < -0.4 is 0 Å². The lowest BCUT2D eigenvalue weighted by Crippen LogP contribution is -2.13. The molecule has 3 aromatic rings. The summed E-state index contributed by atoms with van der Waals surface area (Å²) in [5, 5.41) is 0.130. The molecule has 1 aliphatic carbocycles. The van der Waals surface area contributed by atoms with Crippen molar-refractivity contribution in [3.05, 3.63) is 71.3 Å². The largest absolute Gasteiger partial charge is 0.419 e. The Bertz CT molecular complexity index is 1200. The van der Waals surface area contributed by atoms with Gasteiger partial charge in [0.05, 0.1) is 5.56 Å². The number of fused-ring (bicyclic) bond motifs is 1. The zero-order valence-electron chi connectivity index (χ0n) is 18.4. The summed E-state index contributed by atoms with van der Waals surface area (Å²) in [7, 11) is 0. The molecule has 172 valence electrons. The molecular weight excluding hydrogens is 431 g/mol. The Morgan fingerprint density at radius 1 is 0.909 bits per heavy atom. The maximum absolute atomic E-state index is 14.8. The Kier molecular flexibility index (Phi) is 6.74. The van der Waals surface area contributed by atoms with E-state index in [0.29, 0.717) is 28.7 Å². The minimum absolute atomic E-state index is 0.148. The first-order valence-corrected chi connectivity index (χ1v) is 11.4. The fourth-order valence-electron chi connectivity index (χ4n) is 4.69. The van der Waals surface area contributed by atoms with Gasteiger partial charge in [0.2, 0.25) is 0 Å². The number of hydrogen-bond donors (Lipinski definition) is 0. The van der Waals surface area contributed by atoms with E-state index in [-0.39, 0.29) is 10.8 Å². The van der Waals surface area contributed by atoms with Crippen LogP contribution in [0.2, 0.25) is 0 Å². The Morgan fingerprint density at radius 3 is 2.33 bits per heavy atom. The van der Waals surface area contributed by atoms with E-state index in [9.17, 15) is 22.0 Å². The molecule has 0 unspecified atom stereocenters. The first kappa shape index (κ1) is 23.3. The summed E-state index contributed by atoms with van der Waals surface area (Å²) in [6.45, 7) is 2.21. The van der Waals surface area contributed by atoms with Gasteiger partial charge in [0.25, 0.3) is 0 Å². The lowest BCUT2D eigenvalue weighted by Gasteiger charge is -2.25. The second-order valence-corrected chi connectivity index (χ2v) is 8.83. The van der Waals surface area contributed by atoms with E-state index < -0.39 is 23.4 Å². The van der Waals surface area contributed by atoms with Gasteiger partial charge in [-0.3, -0.25) is 0 Å². The summed E-state index contributed by atoms with van der Waals surface area (Å²) in [6, 6.07) is 10.8. The van der Waals surface area contributed by atoms with Crippen LogP contribution in [0.4, 0.5) is 22.0 Å². The minimum Gasteiger partial charge on any atom is -0.206 e. The molecule has 4 rings (SSSR count). The highest BCUT2D eigenvalue weighted by molar-refractivity contribution is 5.88. The highest BCUT2D eigenvalue weighted by Crippen LogP contribution is 2.36. The Labute approximate surface area is 190 Å². The van der Waals surface area contributed by atoms with E-state index >= 15 is 0 Å². The summed E-state index contributed by atoms with van der Waals surface area (Å²) < 4.78 is 68.0. The van der Waals surface area contributed by atoms with E-state index in [0.717, 1.165) is 18.8 Å². The van der Waals surface area contributed by atoms with Crippen molar-refractivity contribution >= 4 is 10.8 Å². The summed E-state index contributed by atoms with van der Waals surface area (Å²) in [4.78, 5) is 0. The van der Waals surface area contributed by atoms with Gasteiger partial charge in [-0.15, -0.1) is 0 Å². The number of halogens is 5. The summed E-state index contributed by atoms with van der Waals surface area (Å²) >= 11 is 0. The molecule has 0 saturated heterocycles. The maximum atomic E-state index is 14.8. The lowest BCUT2D eigenvalue weighted by atomic mass is 9.80. The second-order valence-electron chi connectivity index (χ2n) is 8.83. The van der Waals surface area contributed by atoms with Crippen molar-refractivity contribution in [3.63, 3.8) is 0 Å². The summed E-state index contributed by atoms with van der Waals surface area (Å²) in [6.07, 6.45) is 2.30. The fourth-order valence-corrected chi connectivity index (χ4v) is 4.69. The van der Waals surface area contributed by atoms with Crippen LogP contribution in [-0.4, -0.2) is 0 Å². The van der Waals surface area contributed by atoms with Crippen LogP contribution in [0.25, 0.3) is 21.9 Å². The third-order valence-corrected chi connectivity index (χ3v) is 6.50. The van der Waals surface area contributed by atoms with Crippen LogP contribution in [0, 0.1) is 35.3 Å². The highest BCUT2D eigenvalue weighted by Gasteiger charge is 2.34. The minimum atomic E-state index is -4.77. The van der Waals surface area contributed by atoms with Crippen LogP contribution >= 0.6 is 0 Å². The highest BCUT2D eigenvalue weighted by atomic mass is 19.4. The molecule has 0 aliphatic heterocycles. The molecule has 0 bridgehead atoms. The SMILES string of the molecule is CCCC1CCC(C#Cc2ccc(-c3ccc4c(F)c(C(F)(F)F)ccc4c3)c(F)c2)CC1. The van der Waals surface area contributed by atoms with E-state index in [2.05, 4.69) is 18.8 Å². The van der Waals surface area contributed by atoms with Crippen LogP contribution in [-0.2, 0) is 6.18 Å². The van der Waals surface area contributed by atoms with Gasteiger partial charge in [0.1, 0.15) is 11.6 Å². The topological polar surface area (TPSA) is 0 Å². The van der Waals surface area contributed by atoms with Crippen LogP contribution in [0.1, 0.15) is 56.6 Å². The van der Waals surface area contributed by atoms with Gasteiger partial charge in [0.15, 0.2) is 0 Å². The molecule has 1 aliphatic rings. The molecule has 0 N–H and O–H groups in total. The van der Waals surface area contributed by atoms with Crippen molar-refractivity contribution < 1.29 is 22.0 Å². The molecule has 0 spiro atoms. The molecule has 1 saturated carbocycles. The van der Waals surface area contributed by atoms with E-state index in [1.165, 1.54) is 56.0 Å². The van der Waals surface area contributed by atoms with Gasteiger partial charge in [-0.2, -0.15) is 13.2 Å². The van der Waals surface area contributed by atoms with Crippen LogP contribution in [0.5, 0.6) is 0 Å². The predicted molar refractivity (Wildman–Crippen MR) is 122 cm³/mol. The summed E-state index contributed by atoms with van der Waals surface area (Å²) in [5.41, 5.74) is 0.0417. The third-order valence-electron chi connectivity index (χ3n) is 6.50. The molecule has 0 aromatic heterocycles. The normalized spacial score (nSPS) is 18.7. The Balaban J connectivity index is 1.54. The molecule has 0 radical (unpaired) electrons. The van der Waals surface area contributed by atoms with E-state index in [1.807, 2.05) is 0 Å². The van der Waals surface area contributed by atoms with Crippen molar-refractivity contribution in [2.45, 2.75) is 51.6 Å². The van der Waals surface area contributed by atoms with Crippen molar-refractivity contribution in [1.82, 2.24) is 0 Å². The zero-order valence-corrected chi connectivity index (χ0v) is 18.4. The van der Waals surface area contributed by atoms with E-state index in [4.69, 9.17) is 0 Å². The van der Waals surface area contributed by atoms with Crippen molar-refractivity contribution in [3.8, 4) is 23.0 Å². The van der Waals surface area contributed by atoms with Crippen molar-refractivity contribution in [1.29, 1.82) is 0 Å².